The van der Waals surface area contributed by atoms with Gasteiger partial charge < -0.3 is 5.73 Å². The van der Waals surface area contributed by atoms with Crippen molar-refractivity contribution in [3.8, 4) is 0 Å². The zero-order valence-corrected chi connectivity index (χ0v) is 14.4. The Labute approximate surface area is 140 Å². The first-order chi connectivity index (χ1) is 9.49. The van der Waals surface area contributed by atoms with Crippen LogP contribution in [0.1, 0.15) is 41.4 Å². The summed E-state index contributed by atoms with van der Waals surface area (Å²) in [5.74, 6) is 0.364. The molecule has 1 atom stereocenters. The second-order valence-corrected chi connectivity index (χ2v) is 6.15. The topological polar surface area (TPSA) is 43.1 Å². The van der Waals surface area contributed by atoms with Crippen molar-refractivity contribution in [2.75, 3.05) is 0 Å². The van der Waals surface area contributed by atoms with E-state index in [4.69, 9.17) is 5.73 Å². The van der Waals surface area contributed by atoms with Crippen LogP contribution < -0.4 is 5.73 Å². The minimum absolute atomic E-state index is 0. The smallest absolute Gasteiger partial charge is 0.193 e. The summed E-state index contributed by atoms with van der Waals surface area (Å²) in [6, 6.07) is 14.9. The summed E-state index contributed by atoms with van der Waals surface area (Å²) >= 11 is 3.37. The third-order valence-corrected chi connectivity index (χ3v) is 3.89. The first-order valence-electron chi connectivity index (χ1n) is 6.65. The van der Waals surface area contributed by atoms with Gasteiger partial charge in [0.2, 0.25) is 0 Å². The fourth-order valence-electron chi connectivity index (χ4n) is 2.04. The normalized spacial score (nSPS) is 11.9. The van der Waals surface area contributed by atoms with Crippen LogP contribution in [0.15, 0.2) is 53.0 Å². The summed E-state index contributed by atoms with van der Waals surface area (Å²) in [5.41, 5.74) is 8.52. The van der Waals surface area contributed by atoms with Crippen LogP contribution >= 0.6 is 28.3 Å². The molecule has 0 aliphatic rings. The number of hydrogen-bond donors (Lipinski definition) is 1. The van der Waals surface area contributed by atoms with Gasteiger partial charge in [-0.05, 0) is 41.8 Å². The van der Waals surface area contributed by atoms with E-state index in [0.717, 1.165) is 10.0 Å². The van der Waals surface area contributed by atoms with Crippen molar-refractivity contribution in [1.82, 2.24) is 0 Å². The predicted molar refractivity (Wildman–Crippen MR) is 93.0 cm³/mol. The molecule has 2 aromatic rings. The molecule has 0 aliphatic heterocycles. The lowest BCUT2D eigenvalue weighted by atomic mass is 9.94. The lowest BCUT2D eigenvalue weighted by Gasteiger charge is -2.16. The minimum atomic E-state index is -0.0485. The molecule has 2 rings (SSSR count). The van der Waals surface area contributed by atoms with Gasteiger partial charge in [0.25, 0.3) is 0 Å². The molecule has 0 aliphatic carbocycles. The molecule has 0 fully saturated rings. The standard InChI is InChI=1S/C17H18BrNO.ClH/c1-11(2)16(19)13-4-3-5-14(10-13)17(20)12-6-8-15(18)9-7-12;/h3-11,16H,19H2,1-2H3;1H. The highest BCUT2D eigenvalue weighted by atomic mass is 79.9. The van der Waals surface area contributed by atoms with E-state index in [1.54, 1.807) is 0 Å². The molecule has 0 bridgehead atoms. The molecule has 4 heteroatoms. The van der Waals surface area contributed by atoms with Crippen LogP contribution in [-0.4, -0.2) is 5.78 Å². The van der Waals surface area contributed by atoms with Crippen LogP contribution in [0.3, 0.4) is 0 Å². The zero-order valence-electron chi connectivity index (χ0n) is 12.0. The maximum absolute atomic E-state index is 12.4. The SMILES string of the molecule is CC(C)C(N)c1cccc(C(=O)c2ccc(Br)cc2)c1.Cl. The van der Waals surface area contributed by atoms with Gasteiger partial charge in [0, 0.05) is 21.6 Å². The van der Waals surface area contributed by atoms with Crippen molar-refractivity contribution in [3.05, 3.63) is 69.7 Å². The van der Waals surface area contributed by atoms with Gasteiger partial charge in [-0.15, -0.1) is 12.4 Å². The summed E-state index contributed by atoms with van der Waals surface area (Å²) in [6.45, 7) is 4.15. The molecule has 112 valence electrons. The van der Waals surface area contributed by atoms with Crippen LogP contribution in [0.4, 0.5) is 0 Å². The Balaban J connectivity index is 0.00000220. The Bertz CT molecular complexity index is 610. The van der Waals surface area contributed by atoms with Gasteiger partial charge in [-0.3, -0.25) is 4.79 Å². The molecule has 0 saturated carbocycles. The van der Waals surface area contributed by atoms with Crippen LogP contribution in [0.2, 0.25) is 0 Å². The van der Waals surface area contributed by atoms with Crippen molar-refractivity contribution in [2.45, 2.75) is 19.9 Å². The van der Waals surface area contributed by atoms with E-state index >= 15 is 0 Å². The fourth-order valence-corrected chi connectivity index (χ4v) is 2.30. The highest BCUT2D eigenvalue weighted by molar-refractivity contribution is 9.10. The number of halogens is 2. The monoisotopic (exact) mass is 367 g/mol. The Morgan fingerprint density at radius 3 is 2.24 bits per heavy atom. The van der Waals surface area contributed by atoms with Gasteiger partial charge in [-0.1, -0.05) is 48.0 Å². The average Bonchev–Trinajstić information content (AvgIpc) is 2.46. The number of hydrogen-bond acceptors (Lipinski definition) is 2. The molecule has 2 aromatic carbocycles. The second kappa shape index (κ2) is 7.74. The third-order valence-electron chi connectivity index (χ3n) is 3.36. The molecule has 1 unspecified atom stereocenters. The Morgan fingerprint density at radius 2 is 1.67 bits per heavy atom. The molecule has 2 nitrogen and oxygen atoms in total. The number of ketones is 1. The zero-order chi connectivity index (χ0) is 14.7. The molecule has 0 radical (unpaired) electrons. The van der Waals surface area contributed by atoms with Gasteiger partial charge in [-0.2, -0.15) is 0 Å². The molecule has 0 saturated heterocycles. The van der Waals surface area contributed by atoms with Crippen LogP contribution in [-0.2, 0) is 0 Å². The summed E-state index contributed by atoms with van der Waals surface area (Å²) in [4.78, 5) is 12.4. The quantitative estimate of drug-likeness (QED) is 0.791. The maximum Gasteiger partial charge on any atom is 0.193 e. The highest BCUT2D eigenvalue weighted by Gasteiger charge is 2.14. The molecular weight excluding hydrogens is 350 g/mol. The van der Waals surface area contributed by atoms with Crippen molar-refractivity contribution in [1.29, 1.82) is 0 Å². The average molecular weight is 369 g/mol. The van der Waals surface area contributed by atoms with Gasteiger partial charge >= 0.3 is 0 Å². The van der Waals surface area contributed by atoms with Crippen molar-refractivity contribution in [3.63, 3.8) is 0 Å². The van der Waals surface area contributed by atoms with E-state index < -0.39 is 0 Å². The Hall–Kier alpha value is -1.16. The van der Waals surface area contributed by atoms with E-state index in [0.29, 0.717) is 17.0 Å². The largest absolute Gasteiger partial charge is 0.324 e. The van der Waals surface area contributed by atoms with E-state index in [9.17, 15) is 4.79 Å². The number of benzene rings is 2. The highest BCUT2D eigenvalue weighted by Crippen LogP contribution is 2.21. The molecule has 0 spiro atoms. The molecule has 0 aromatic heterocycles. The summed E-state index contributed by atoms with van der Waals surface area (Å²) < 4.78 is 0.963. The molecule has 0 amide bonds. The molecule has 21 heavy (non-hydrogen) atoms. The van der Waals surface area contributed by atoms with Gasteiger partial charge in [0.05, 0.1) is 0 Å². The lowest BCUT2D eigenvalue weighted by molar-refractivity contribution is 0.103. The molecule has 0 heterocycles. The molecular formula is C17H19BrClNO. The first kappa shape index (κ1) is 17.9. The minimum Gasteiger partial charge on any atom is -0.324 e. The van der Waals surface area contributed by atoms with Crippen molar-refractivity contribution >= 4 is 34.1 Å². The summed E-state index contributed by atoms with van der Waals surface area (Å²) in [6.07, 6.45) is 0. The number of carbonyl (C=O) groups excluding carboxylic acids is 1. The van der Waals surface area contributed by atoms with E-state index in [1.807, 2.05) is 48.5 Å². The van der Waals surface area contributed by atoms with E-state index in [1.165, 1.54) is 0 Å². The summed E-state index contributed by atoms with van der Waals surface area (Å²) in [7, 11) is 0. The van der Waals surface area contributed by atoms with E-state index in [2.05, 4.69) is 29.8 Å². The second-order valence-electron chi connectivity index (χ2n) is 5.23. The predicted octanol–water partition coefficient (Wildman–Crippen LogP) is 4.76. The van der Waals surface area contributed by atoms with Crippen LogP contribution in [0, 0.1) is 5.92 Å². The van der Waals surface area contributed by atoms with Crippen molar-refractivity contribution < 1.29 is 4.79 Å². The van der Waals surface area contributed by atoms with Gasteiger partial charge in [-0.25, -0.2) is 0 Å². The first-order valence-corrected chi connectivity index (χ1v) is 7.44. The number of rotatable bonds is 4. The third kappa shape index (κ3) is 4.40. The summed E-state index contributed by atoms with van der Waals surface area (Å²) in [5, 5.41) is 0. The fraction of sp³-hybridized carbons (Fsp3) is 0.235. The van der Waals surface area contributed by atoms with Crippen LogP contribution in [0.25, 0.3) is 0 Å². The van der Waals surface area contributed by atoms with E-state index in [-0.39, 0.29) is 24.2 Å². The Kier molecular flexibility index (Phi) is 6.59. The number of nitrogens with two attached hydrogens (primary N) is 1. The van der Waals surface area contributed by atoms with Gasteiger partial charge in [0.15, 0.2) is 5.78 Å². The van der Waals surface area contributed by atoms with Crippen LogP contribution in [0.5, 0.6) is 0 Å². The number of carbonyl (C=O) groups is 1. The van der Waals surface area contributed by atoms with Gasteiger partial charge in [0.1, 0.15) is 0 Å². The maximum atomic E-state index is 12.4. The lowest BCUT2D eigenvalue weighted by Crippen LogP contribution is -2.17. The van der Waals surface area contributed by atoms with Crippen molar-refractivity contribution in [2.24, 2.45) is 11.7 Å². The molecule has 2 N–H and O–H groups in total. The Morgan fingerprint density at radius 1 is 1.05 bits per heavy atom.